The van der Waals surface area contributed by atoms with E-state index in [0.717, 1.165) is 10.0 Å². The zero-order chi connectivity index (χ0) is 21.4. The molecule has 2 aromatic carbocycles. The van der Waals surface area contributed by atoms with Gasteiger partial charge >= 0.3 is 6.09 Å². The molecule has 0 atom stereocenters. The Bertz CT molecular complexity index is 876. The Labute approximate surface area is 178 Å². The summed E-state index contributed by atoms with van der Waals surface area (Å²) in [4.78, 5) is 35.8. The zero-order valence-electron chi connectivity index (χ0n) is 16.5. The first-order chi connectivity index (χ1) is 13.6. The fourth-order valence-corrected chi connectivity index (χ4v) is 2.56. The number of amides is 3. The van der Waals surface area contributed by atoms with E-state index < -0.39 is 11.7 Å². The summed E-state index contributed by atoms with van der Waals surface area (Å²) < 4.78 is 5.97. The van der Waals surface area contributed by atoms with Crippen molar-refractivity contribution in [2.45, 2.75) is 32.9 Å². The summed E-state index contributed by atoms with van der Waals surface area (Å²) >= 11 is 3.34. The number of carbonyl (C=O) groups is 3. The van der Waals surface area contributed by atoms with E-state index in [9.17, 15) is 14.4 Å². The smallest absolute Gasteiger partial charge is 0.408 e. The molecule has 0 aliphatic heterocycles. The van der Waals surface area contributed by atoms with Gasteiger partial charge in [-0.3, -0.25) is 9.59 Å². The van der Waals surface area contributed by atoms with Gasteiger partial charge in [-0.15, -0.1) is 0 Å². The Hall–Kier alpha value is -2.87. The summed E-state index contributed by atoms with van der Waals surface area (Å²) in [7, 11) is 0. The average Bonchev–Trinajstić information content (AvgIpc) is 2.64. The van der Waals surface area contributed by atoms with Gasteiger partial charge in [-0.05, 0) is 62.7 Å². The van der Waals surface area contributed by atoms with Crippen molar-refractivity contribution in [3.8, 4) is 0 Å². The first-order valence-electron chi connectivity index (χ1n) is 9.02. The molecule has 0 bridgehead atoms. The second kappa shape index (κ2) is 10.1. The largest absolute Gasteiger partial charge is 0.444 e. The van der Waals surface area contributed by atoms with Crippen LogP contribution in [-0.4, -0.2) is 30.1 Å². The van der Waals surface area contributed by atoms with Crippen LogP contribution in [0.2, 0.25) is 0 Å². The van der Waals surface area contributed by atoms with Gasteiger partial charge in [-0.1, -0.05) is 28.1 Å². The highest BCUT2D eigenvalue weighted by Crippen LogP contribution is 2.14. The molecule has 0 saturated carbocycles. The molecule has 3 N–H and O–H groups in total. The number of hydrogen-bond acceptors (Lipinski definition) is 4. The molecule has 0 aliphatic rings. The molecule has 3 amide bonds. The van der Waals surface area contributed by atoms with E-state index in [1.165, 1.54) is 0 Å². The maximum atomic E-state index is 12.3. The molecule has 2 rings (SSSR count). The fraction of sp³-hybridized carbons (Fsp3) is 0.286. The van der Waals surface area contributed by atoms with Crippen LogP contribution < -0.4 is 16.0 Å². The normalized spacial score (nSPS) is 10.8. The van der Waals surface area contributed by atoms with E-state index in [4.69, 9.17) is 4.74 Å². The van der Waals surface area contributed by atoms with E-state index in [1.807, 2.05) is 6.07 Å². The van der Waals surface area contributed by atoms with Gasteiger partial charge in [0.25, 0.3) is 5.91 Å². The third-order valence-corrected chi connectivity index (χ3v) is 4.10. The van der Waals surface area contributed by atoms with E-state index in [-0.39, 0.29) is 24.9 Å². The van der Waals surface area contributed by atoms with Crippen LogP contribution in [0, 0.1) is 0 Å². The standard InChI is InChI=1S/C21H24BrN3O4/c1-21(2,3)29-20(28)24-13-18(26)23-12-14-5-4-6-17(11-14)25-19(27)15-7-9-16(22)10-8-15/h4-11H,12-13H2,1-3H3,(H,23,26)(H,24,28)(H,25,27). The Morgan fingerprint density at radius 1 is 1.00 bits per heavy atom. The molecule has 0 radical (unpaired) electrons. The van der Waals surface area contributed by atoms with E-state index in [0.29, 0.717) is 11.3 Å². The monoisotopic (exact) mass is 461 g/mol. The maximum absolute atomic E-state index is 12.3. The number of carbonyl (C=O) groups excluding carboxylic acids is 3. The van der Waals surface area contributed by atoms with Gasteiger partial charge in [0.1, 0.15) is 12.1 Å². The number of hydrogen-bond donors (Lipinski definition) is 3. The van der Waals surface area contributed by atoms with Crippen molar-refractivity contribution in [1.82, 2.24) is 10.6 Å². The zero-order valence-corrected chi connectivity index (χ0v) is 18.1. The lowest BCUT2D eigenvalue weighted by Gasteiger charge is -2.19. The van der Waals surface area contributed by atoms with Gasteiger partial charge in [-0.25, -0.2) is 4.79 Å². The van der Waals surface area contributed by atoms with Gasteiger partial charge in [-0.2, -0.15) is 0 Å². The van der Waals surface area contributed by atoms with Gasteiger partial charge < -0.3 is 20.7 Å². The van der Waals surface area contributed by atoms with Crippen LogP contribution in [0.1, 0.15) is 36.7 Å². The van der Waals surface area contributed by atoms with Gasteiger partial charge in [0.2, 0.25) is 5.91 Å². The summed E-state index contributed by atoms with van der Waals surface area (Å²) in [5.41, 5.74) is 1.35. The Morgan fingerprint density at radius 2 is 1.69 bits per heavy atom. The summed E-state index contributed by atoms with van der Waals surface area (Å²) in [6.45, 7) is 5.31. The minimum absolute atomic E-state index is 0.186. The first kappa shape index (κ1) is 22.4. The number of rotatable bonds is 6. The highest BCUT2D eigenvalue weighted by Gasteiger charge is 2.16. The molecule has 0 spiro atoms. The van der Waals surface area contributed by atoms with Gasteiger partial charge in [0, 0.05) is 22.3 Å². The van der Waals surface area contributed by atoms with Crippen molar-refractivity contribution in [1.29, 1.82) is 0 Å². The highest BCUT2D eigenvalue weighted by atomic mass is 79.9. The minimum Gasteiger partial charge on any atom is -0.444 e. The topological polar surface area (TPSA) is 96.5 Å². The third-order valence-electron chi connectivity index (χ3n) is 3.57. The van der Waals surface area contributed by atoms with E-state index in [2.05, 4.69) is 31.9 Å². The van der Waals surface area contributed by atoms with Crippen molar-refractivity contribution in [3.05, 3.63) is 64.1 Å². The molecule has 7 nitrogen and oxygen atoms in total. The summed E-state index contributed by atoms with van der Waals surface area (Å²) in [6.07, 6.45) is -0.648. The molecule has 2 aromatic rings. The summed E-state index contributed by atoms with van der Waals surface area (Å²) in [5, 5.41) is 7.94. The van der Waals surface area contributed by atoms with Crippen molar-refractivity contribution >= 4 is 39.5 Å². The predicted octanol–water partition coefficient (Wildman–Crippen LogP) is 3.84. The van der Waals surface area contributed by atoms with Crippen LogP contribution in [-0.2, 0) is 16.1 Å². The predicted molar refractivity (Wildman–Crippen MR) is 115 cm³/mol. The van der Waals surface area contributed by atoms with Crippen LogP contribution >= 0.6 is 15.9 Å². The van der Waals surface area contributed by atoms with Crippen molar-refractivity contribution < 1.29 is 19.1 Å². The Morgan fingerprint density at radius 3 is 2.34 bits per heavy atom. The Balaban J connectivity index is 1.83. The quantitative estimate of drug-likeness (QED) is 0.608. The van der Waals surface area contributed by atoms with E-state index >= 15 is 0 Å². The number of benzene rings is 2. The molecule has 29 heavy (non-hydrogen) atoms. The van der Waals surface area contributed by atoms with E-state index in [1.54, 1.807) is 63.2 Å². The van der Waals surface area contributed by atoms with Crippen LogP contribution in [0.5, 0.6) is 0 Å². The number of anilines is 1. The van der Waals surface area contributed by atoms with Crippen molar-refractivity contribution in [2.24, 2.45) is 0 Å². The molecule has 8 heteroatoms. The van der Waals surface area contributed by atoms with Gasteiger partial charge in [0.05, 0.1) is 0 Å². The van der Waals surface area contributed by atoms with Crippen LogP contribution in [0.3, 0.4) is 0 Å². The molecule has 0 saturated heterocycles. The molecule has 0 fully saturated rings. The van der Waals surface area contributed by atoms with Crippen molar-refractivity contribution in [2.75, 3.05) is 11.9 Å². The lowest BCUT2D eigenvalue weighted by atomic mass is 10.1. The van der Waals surface area contributed by atoms with Gasteiger partial charge in [0.15, 0.2) is 0 Å². The van der Waals surface area contributed by atoms with Crippen LogP contribution in [0.25, 0.3) is 0 Å². The lowest BCUT2D eigenvalue weighted by molar-refractivity contribution is -0.120. The second-order valence-corrected chi connectivity index (χ2v) is 8.21. The number of alkyl carbamates (subject to hydrolysis) is 1. The van der Waals surface area contributed by atoms with Crippen molar-refractivity contribution in [3.63, 3.8) is 0 Å². The molecule has 154 valence electrons. The molecular weight excluding hydrogens is 438 g/mol. The lowest BCUT2D eigenvalue weighted by Crippen LogP contribution is -2.39. The number of nitrogens with one attached hydrogen (secondary N) is 3. The van der Waals surface area contributed by atoms with Crippen LogP contribution in [0.15, 0.2) is 53.0 Å². The molecule has 0 heterocycles. The maximum Gasteiger partial charge on any atom is 0.408 e. The summed E-state index contributed by atoms with van der Waals surface area (Å²) in [6, 6.07) is 14.2. The number of halogens is 1. The SMILES string of the molecule is CC(C)(C)OC(=O)NCC(=O)NCc1cccc(NC(=O)c2ccc(Br)cc2)c1. The molecule has 0 aliphatic carbocycles. The minimum atomic E-state index is -0.648. The average molecular weight is 462 g/mol. The molecular formula is C21H24BrN3O4. The fourth-order valence-electron chi connectivity index (χ4n) is 2.29. The second-order valence-electron chi connectivity index (χ2n) is 7.29. The third kappa shape index (κ3) is 8.35. The summed E-state index contributed by atoms with van der Waals surface area (Å²) in [5.74, 6) is -0.569. The Kier molecular flexibility index (Phi) is 7.78. The van der Waals surface area contributed by atoms with Crippen LogP contribution in [0.4, 0.5) is 10.5 Å². The molecule has 0 aromatic heterocycles. The number of ether oxygens (including phenoxy) is 1. The molecule has 0 unspecified atom stereocenters. The highest BCUT2D eigenvalue weighted by molar-refractivity contribution is 9.10. The first-order valence-corrected chi connectivity index (χ1v) is 9.81.